The summed E-state index contributed by atoms with van der Waals surface area (Å²) < 4.78 is 4.95. The van der Waals surface area contributed by atoms with Crippen molar-refractivity contribution in [1.29, 1.82) is 0 Å². The van der Waals surface area contributed by atoms with Crippen molar-refractivity contribution in [3.05, 3.63) is 34.4 Å². The van der Waals surface area contributed by atoms with Crippen molar-refractivity contribution in [2.75, 3.05) is 6.61 Å². The van der Waals surface area contributed by atoms with Crippen molar-refractivity contribution in [3.8, 4) is 0 Å². The minimum atomic E-state index is -0.751. The van der Waals surface area contributed by atoms with Crippen LogP contribution in [-0.2, 0) is 9.53 Å². The lowest BCUT2D eigenvalue weighted by atomic mass is 9.97. The molecule has 1 aromatic rings. The van der Waals surface area contributed by atoms with Gasteiger partial charge in [-0.3, -0.25) is 4.79 Å². The van der Waals surface area contributed by atoms with Crippen LogP contribution in [0.1, 0.15) is 46.8 Å². The van der Waals surface area contributed by atoms with Gasteiger partial charge in [0.2, 0.25) is 0 Å². The summed E-state index contributed by atoms with van der Waals surface area (Å²) in [6, 6.07) is 3.80. The van der Waals surface area contributed by atoms with E-state index in [0.29, 0.717) is 12.2 Å². The Kier molecular flexibility index (Phi) is 5.08. The predicted molar refractivity (Wildman–Crippen MR) is 70.9 cm³/mol. The maximum Gasteiger partial charge on any atom is 0.379 e. The van der Waals surface area contributed by atoms with Crippen LogP contribution in [0.3, 0.4) is 0 Å². The van der Waals surface area contributed by atoms with E-state index in [1.165, 1.54) is 0 Å². The summed E-state index contributed by atoms with van der Waals surface area (Å²) in [7, 11) is 0. The first-order chi connectivity index (χ1) is 8.47. The lowest BCUT2D eigenvalue weighted by Crippen LogP contribution is -2.20. The number of hydrogen-bond acceptors (Lipinski definition) is 3. The smallest absolute Gasteiger partial charge is 0.379 e. The van der Waals surface area contributed by atoms with Crippen molar-refractivity contribution in [3.63, 3.8) is 0 Å². The first-order valence-electron chi connectivity index (χ1n) is 6.26. The van der Waals surface area contributed by atoms with Gasteiger partial charge in [0.15, 0.2) is 0 Å². The second-order valence-electron chi connectivity index (χ2n) is 4.59. The molecular weight excluding hydrogens is 228 g/mol. The van der Waals surface area contributed by atoms with Crippen molar-refractivity contribution in [2.45, 2.75) is 40.5 Å². The number of carbonyl (C=O) groups excluding carboxylic acids is 2. The lowest BCUT2D eigenvalue weighted by Gasteiger charge is -2.09. The van der Waals surface area contributed by atoms with E-state index in [1.54, 1.807) is 0 Å². The number of hydrogen-bond donors (Lipinski definition) is 0. The van der Waals surface area contributed by atoms with Gasteiger partial charge in [-0.25, -0.2) is 4.79 Å². The maximum atomic E-state index is 12.0. The van der Waals surface area contributed by atoms with Crippen molar-refractivity contribution in [1.82, 2.24) is 0 Å². The summed E-state index contributed by atoms with van der Waals surface area (Å²) in [5.41, 5.74) is 3.21. The van der Waals surface area contributed by atoms with Crippen molar-refractivity contribution < 1.29 is 14.3 Å². The fraction of sp³-hybridized carbons (Fsp3) is 0.467. The van der Waals surface area contributed by atoms with Crippen LogP contribution in [0.2, 0.25) is 0 Å². The average Bonchev–Trinajstić information content (AvgIpc) is 2.27. The minimum Gasteiger partial charge on any atom is -0.460 e. The molecule has 3 heteroatoms. The fourth-order valence-electron chi connectivity index (χ4n) is 2.01. The fourth-order valence-corrected chi connectivity index (χ4v) is 2.01. The number of esters is 1. The molecule has 0 saturated heterocycles. The number of carbonyl (C=O) groups is 2. The molecule has 0 N–H and O–H groups in total. The van der Waals surface area contributed by atoms with E-state index in [4.69, 9.17) is 4.74 Å². The van der Waals surface area contributed by atoms with Gasteiger partial charge in [-0.15, -0.1) is 0 Å². The van der Waals surface area contributed by atoms with Crippen LogP contribution in [0.15, 0.2) is 12.1 Å². The third-order valence-corrected chi connectivity index (χ3v) is 2.82. The van der Waals surface area contributed by atoms with Crippen LogP contribution in [0, 0.1) is 20.8 Å². The summed E-state index contributed by atoms with van der Waals surface area (Å²) in [6.45, 7) is 7.96. The molecule has 0 amide bonds. The molecule has 0 aliphatic rings. The molecule has 0 aliphatic carbocycles. The Morgan fingerprint density at radius 2 is 1.67 bits per heavy atom. The number of Topliss-reactive ketones (excluding diaryl/α,β-unsaturated/α-hetero) is 1. The summed E-state index contributed by atoms with van der Waals surface area (Å²) in [5, 5.41) is 0. The number of rotatable bonds is 5. The number of unbranched alkanes of at least 4 members (excludes halogenated alkanes) is 1. The zero-order chi connectivity index (χ0) is 13.7. The van der Waals surface area contributed by atoms with Gasteiger partial charge in [-0.05, 0) is 38.3 Å². The molecule has 0 heterocycles. The molecule has 0 bridgehead atoms. The largest absolute Gasteiger partial charge is 0.460 e. The number of ether oxygens (including phenoxy) is 1. The monoisotopic (exact) mass is 248 g/mol. The Morgan fingerprint density at radius 3 is 2.17 bits per heavy atom. The third-order valence-electron chi connectivity index (χ3n) is 2.82. The second-order valence-corrected chi connectivity index (χ2v) is 4.59. The average molecular weight is 248 g/mol. The van der Waals surface area contributed by atoms with Gasteiger partial charge >= 0.3 is 5.97 Å². The van der Waals surface area contributed by atoms with Gasteiger partial charge in [0.25, 0.3) is 5.78 Å². The van der Waals surface area contributed by atoms with Gasteiger partial charge in [0.05, 0.1) is 6.61 Å². The first kappa shape index (κ1) is 14.4. The number of benzene rings is 1. The molecule has 0 atom stereocenters. The van der Waals surface area contributed by atoms with E-state index in [9.17, 15) is 9.59 Å². The van der Waals surface area contributed by atoms with E-state index in [0.717, 1.165) is 29.5 Å². The highest BCUT2D eigenvalue weighted by Crippen LogP contribution is 2.17. The Hall–Kier alpha value is -1.64. The summed E-state index contributed by atoms with van der Waals surface area (Å²) in [5.74, 6) is -1.29. The molecule has 1 aromatic carbocycles. The Labute approximate surface area is 108 Å². The van der Waals surface area contributed by atoms with E-state index < -0.39 is 11.8 Å². The van der Waals surface area contributed by atoms with Crippen LogP contribution < -0.4 is 0 Å². The van der Waals surface area contributed by atoms with Crippen LogP contribution >= 0.6 is 0 Å². The van der Waals surface area contributed by atoms with Crippen LogP contribution in [0.4, 0.5) is 0 Å². The van der Waals surface area contributed by atoms with E-state index in [-0.39, 0.29) is 0 Å². The topological polar surface area (TPSA) is 43.4 Å². The Morgan fingerprint density at radius 1 is 1.11 bits per heavy atom. The number of aryl methyl sites for hydroxylation is 3. The highest BCUT2D eigenvalue weighted by Gasteiger charge is 2.21. The van der Waals surface area contributed by atoms with E-state index in [1.807, 2.05) is 39.8 Å². The highest BCUT2D eigenvalue weighted by atomic mass is 16.5. The molecule has 0 radical (unpaired) electrons. The van der Waals surface area contributed by atoms with Gasteiger partial charge in [0.1, 0.15) is 0 Å². The predicted octanol–water partition coefficient (Wildman–Crippen LogP) is 3.14. The van der Waals surface area contributed by atoms with Crippen LogP contribution in [0.25, 0.3) is 0 Å². The standard InChI is InChI=1S/C15H20O3/c1-5-6-7-18-15(17)14(16)13-11(3)8-10(2)9-12(13)4/h8-9H,5-7H2,1-4H3. The Bertz CT molecular complexity index is 438. The first-order valence-corrected chi connectivity index (χ1v) is 6.26. The summed E-state index contributed by atoms with van der Waals surface area (Å²) in [6.07, 6.45) is 1.72. The molecule has 0 unspecified atom stereocenters. The van der Waals surface area contributed by atoms with E-state index in [2.05, 4.69) is 0 Å². The normalized spacial score (nSPS) is 10.2. The molecule has 1 rings (SSSR count). The highest BCUT2D eigenvalue weighted by molar-refractivity contribution is 6.41. The zero-order valence-electron chi connectivity index (χ0n) is 11.5. The number of ketones is 1. The summed E-state index contributed by atoms with van der Waals surface area (Å²) >= 11 is 0. The third kappa shape index (κ3) is 3.42. The summed E-state index contributed by atoms with van der Waals surface area (Å²) in [4.78, 5) is 23.7. The van der Waals surface area contributed by atoms with E-state index >= 15 is 0 Å². The molecule has 0 aliphatic heterocycles. The van der Waals surface area contributed by atoms with Gasteiger partial charge in [-0.1, -0.05) is 31.0 Å². The molecule has 3 nitrogen and oxygen atoms in total. The zero-order valence-corrected chi connectivity index (χ0v) is 11.5. The molecule has 0 fully saturated rings. The quantitative estimate of drug-likeness (QED) is 0.348. The lowest BCUT2D eigenvalue weighted by molar-refractivity contribution is -0.138. The van der Waals surface area contributed by atoms with Crippen molar-refractivity contribution in [2.24, 2.45) is 0 Å². The molecule has 0 saturated carbocycles. The molecule has 0 aromatic heterocycles. The SMILES string of the molecule is CCCCOC(=O)C(=O)c1c(C)cc(C)cc1C. The molecule has 0 spiro atoms. The van der Waals surface area contributed by atoms with Crippen LogP contribution in [0.5, 0.6) is 0 Å². The van der Waals surface area contributed by atoms with Gasteiger partial charge in [-0.2, -0.15) is 0 Å². The maximum absolute atomic E-state index is 12.0. The second kappa shape index (κ2) is 6.34. The van der Waals surface area contributed by atoms with Gasteiger partial charge < -0.3 is 4.74 Å². The van der Waals surface area contributed by atoms with Crippen LogP contribution in [-0.4, -0.2) is 18.4 Å². The molecule has 98 valence electrons. The molecular formula is C15H20O3. The van der Waals surface area contributed by atoms with Gasteiger partial charge in [0, 0.05) is 5.56 Å². The Balaban J connectivity index is 2.87. The minimum absolute atomic E-state index is 0.311. The molecule has 18 heavy (non-hydrogen) atoms. The van der Waals surface area contributed by atoms with Crippen molar-refractivity contribution >= 4 is 11.8 Å².